The van der Waals surface area contributed by atoms with E-state index < -0.39 is 11.9 Å². The largest absolute Gasteiger partial charge is 0.434 e. The highest BCUT2D eigenvalue weighted by molar-refractivity contribution is 7.09. The zero-order valence-corrected chi connectivity index (χ0v) is 14.4. The van der Waals surface area contributed by atoms with Crippen LogP contribution in [0.4, 0.5) is 13.2 Å². The summed E-state index contributed by atoms with van der Waals surface area (Å²) in [6.45, 7) is 6.44. The number of guanidine groups is 1. The molecule has 1 heterocycles. The number of rotatable bonds is 8. The first-order valence-corrected chi connectivity index (χ1v) is 8.24. The molecule has 0 fully saturated rings. The Balaban J connectivity index is 2.25. The number of nitrogens with one attached hydrogen (secondary N) is 2. The number of hydrogen-bond donors (Lipinski definition) is 2. The molecule has 1 rings (SSSR count). The van der Waals surface area contributed by atoms with Crippen LogP contribution in [0.2, 0.25) is 0 Å². The number of alkyl halides is 3. The highest BCUT2D eigenvalue weighted by Gasteiger charge is 2.33. The van der Waals surface area contributed by atoms with Crippen LogP contribution in [0, 0.1) is 5.92 Å². The lowest BCUT2D eigenvalue weighted by molar-refractivity contribution is -0.140. The summed E-state index contributed by atoms with van der Waals surface area (Å²) in [6, 6.07) is 0. The Hall–Kier alpha value is -1.35. The Bertz CT molecular complexity index is 489. The summed E-state index contributed by atoms with van der Waals surface area (Å²) in [4.78, 5) is 7.57. The van der Waals surface area contributed by atoms with E-state index in [4.69, 9.17) is 4.74 Å². The van der Waals surface area contributed by atoms with Crippen molar-refractivity contribution in [3.63, 3.8) is 0 Å². The first kappa shape index (κ1) is 19.7. The summed E-state index contributed by atoms with van der Waals surface area (Å²) >= 11 is 0.970. The molecule has 0 saturated heterocycles. The van der Waals surface area contributed by atoms with Gasteiger partial charge < -0.3 is 15.4 Å². The van der Waals surface area contributed by atoms with Crippen molar-refractivity contribution in [2.75, 3.05) is 26.8 Å². The minimum absolute atomic E-state index is 0.199. The van der Waals surface area contributed by atoms with Gasteiger partial charge in [-0.3, -0.25) is 4.99 Å². The minimum atomic E-state index is -4.40. The average Bonchev–Trinajstić information content (AvgIpc) is 2.94. The van der Waals surface area contributed by atoms with E-state index in [0.29, 0.717) is 30.0 Å². The van der Waals surface area contributed by atoms with Gasteiger partial charge in [0, 0.05) is 32.2 Å². The van der Waals surface area contributed by atoms with Crippen molar-refractivity contribution in [3.8, 4) is 0 Å². The van der Waals surface area contributed by atoms with Crippen LogP contribution in [0.5, 0.6) is 0 Å². The third-order valence-corrected chi connectivity index (χ3v) is 3.53. The molecule has 0 aliphatic heterocycles. The molecule has 9 heteroatoms. The zero-order chi connectivity index (χ0) is 17.3. The van der Waals surface area contributed by atoms with Gasteiger partial charge in [-0.1, -0.05) is 13.8 Å². The van der Waals surface area contributed by atoms with E-state index >= 15 is 0 Å². The first-order chi connectivity index (χ1) is 10.8. The number of thiazole rings is 1. The summed E-state index contributed by atoms with van der Waals surface area (Å²) in [5, 5.41) is 7.39. The Morgan fingerprint density at radius 2 is 2.13 bits per heavy atom. The molecule has 0 spiro atoms. The van der Waals surface area contributed by atoms with Crippen LogP contribution in [-0.4, -0.2) is 37.7 Å². The number of ether oxygens (including phenoxy) is 1. The SMILES string of the molecule is CN=C(NCCCOCC(C)C)NCc1nc(C(F)(F)F)cs1. The van der Waals surface area contributed by atoms with Crippen molar-refractivity contribution in [2.24, 2.45) is 10.9 Å². The topological polar surface area (TPSA) is 58.5 Å². The smallest absolute Gasteiger partial charge is 0.381 e. The van der Waals surface area contributed by atoms with Gasteiger partial charge in [0.15, 0.2) is 11.7 Å². The molecule has 5 nitrogen and oxygen atoms in total. The summed E-state index contributed by atoms with van der Waals surface area (Å²) in [5.74, 6) is 1.04. The molecule has 2 N–H and O–H groups in total. The minimum Gasteiger partial charge on any atom is -0.381 e. The molecule has 0 aliphatic rings. The number of halogens is 3. The summed E-state index contributed by atoms with van der Waals surface area (Å²) < 4.78 is 42.8. The average molecular weight is 352 g/mol. The number of nitrogens with zero attached hydrogens (tertiary/aromatic N) is 2. The van der Waals surface area contributed by atoms with Crippen LogP contribution in [0.1, 0.15) is 31.0 Å². The highest BCUT2D eigenvalue weighted by Crippen LogP contribution is 2.29. The molecule has 0 aromatic carbocycles. The third-order valence-electron chi connectivity index (χ3n) is 2.68. The molecule has 132 valence electrons. The summed E-state index contributed by atoms with van der Waals surface area (Å²) in [5.41, 5.74) is -0.857. The monoisotopic (exact) mass is 352 g/mol. The predicted octanol–water partition coefficient (Wildman–Crippen LogP) is 2.89. The predicted molar refractivity (Wildman–Crippen MR) is 85.6 cm³/mol. The maximum absolute atomic E-state index is 12.5. The van der Waals surface area contributed by atoms with Crippen LogP contribution in [0.25, 0.3) is 0 Å². The molecule has 23 heavy (non-hydrogen) atoms. The fourth-order valence-electron chi connectivity index (χ4n) is 1.60. The molecule has 0 bridgehead atoms. The third kappa shape index (κ3) is 8.17. The van der Waals surface area contributed by atoms with E-state index in [1.165, 1.54) is 0 Å². The Labute approximate surface area is 138 Å². The first-order valence-electron chi connectivity index (χ1n) is 7.36. The molecular formula is C14H23F3N4OS. The number of aliphatic imine (C=N–C) groups is 1. The van der Waals surface area contributed by atoms with Crippen molar-refractivity contribution in [1.82, 2.24) is 15.6 Å². The van der Waals surface area contributed by atoms with Gasteiger partial charge in [-0.15, -0.1) is 11.3 Å². The molecule has 0 aliphatic carbocycles. The second kappa shape index (κ2) is 9.71. The van der Waals surface area contributed by atoms with E-state index in [-0.39, 0.29) is 6.54 Å². The van der Waals surface area contributed by atoms with Gasteiger partial charge in [0.2, 0.25) is 0 Å². The molecule has 0 unspecified atom stereocenters. The molecule has 0 saturated carbocycles. The van der Waals surface area contributed by atoms with Gasteiger partial charge >= 0.3 is 6.18 Å². The van der Waals surface area contributed by atoms with Gasteiger partial charge in [0.05, 0.1) is 6.54 Å². The van der Waals surface area contributed by atoms with Crippen LogP contribution in [-0.2, 0) is 17.5 Å². The van der Waals surface area contributed by atoms with Crippen LogP contribution in [0.15, 0.2) is 10.4 Å². The molecule has 1 aromatic rings. The van der Waals surface area contributed by atoms with E-state index in [2.05, 4.69) is 34.5 Å². The second-order valence-corrected chi connectivity index (χ2v) is 6.24. The lowest BCUT2D eigenvalue weighted by Gasteiger charge is -2.11. The van der Waals surface area contributed by atoms with E-state index in [1.54, 1.807) is 7.05 Å². The van der Waals surface area contributed by atoms with E-state index in [0.717, 1.165) is 29.7 Å². The molecule has 0 atom stereocenters. The summed E-state index contributed by atoms with van der Waals surface area (Å²) in [6.07, 6.45) is -3.58. The molecule has 1 aromatic heterocycles. The Kier molecular flexibility index (Phi) is 8.32. The molecular weight excluding hydrogens is 329 g/mol. The normalized spacial score (nSPS) is 12.7. The van der Waals surface area contributed by atoms with Gasteiger partial charge in [-0.05, 0) is 12.3 Å². The lowest BCUT2D eigenvalue weighted by atomic mass is 10.2. The van der Waals surface area contributed by atoms with Crippen LogP contribution < -0.4 is 10.6 Å². The van der Waals surface area contributed by atoms with Crippen molar-refractivity contribution in [2.45, 2.75) is 33.0 Å². The number of aromatic nitrogens is 1. The second-order valence-electron chi connectivity index (χ2n) is 5.30. The maximum atomic E-state index is 12.5. The number of hydrogen-bond acceptors (Lipinski definition) is 4. The Morgan fingerprint density at radius 3 is 2.70 bits per heavy atom. The van der Waals surface area contributed by atoms with Crippen molar-refractivity contribution < 1.29 is 17.9 Å². The van der Waals surface area contributed by atoms with Crippen LogP contribution in [0.3, 0.4) is 0 Å². The fraction of sp³-hybridized carbons (Fsp3) is 0.714. The van der Waals surface area contributed by atoms with Gasteiger partial charge in [-0.25, -0.2) is 4.98 Å². The van der Waals surface area contributed by atoms with Crippen LogP contribution >= 0.6 is 11.3 Å². The van der Waals surface area contributed by atoms with E-state index in [9.17, 15) is 13.2 Å². The Morgan fingerprint density at radius 1 is 1.39 bits per heavy atom. The fourth-order valence-corrected chi connectivity index (χ4v) is 2.34. The summed E-state index contributed by atoms with van der Waals surface area (Å²) in [7, 11) is 1.60. The van der Waals surface area contributed by atoms with Gasteiger partial charge in [0.25, 0.3) is 0 Å². The van der Waals surface area contributed by atoms with Crippen molar-refractivity contribution in [1.29, 1.82) is 0 Å². The highest BCUT2D eigenvalue weighted by atomic mass is 32.1. The maximum Gasteiger partial charge on any atom is 0.434 e. The van der Waals surface area contributed by atoms with Gasteiger partial charge in [0.1, 0.15) is 5.01 Å². The standard InChI is InChI=1S/C14H23F3N4OS/c1-10(2)8-22-6-4-5-19-13(18-3)20-7-12-21-11(9-23-12)14(15,16)17/h9-10H,4-8H2,1-3H3,(H2,18,19,20). The zero-order valence-electron chi connectivity index (χ0n) is 13.5. The molecule has 0 amide bonds. The quantitative estimate of drug-likeness (QED) is 0.429. The van der Waals surface area contributed by atoms with Crippen molar-refractivity contribution >= 4 is 17.3 Å². The lowest BCUT2D eigenvalue weighted by Crippen LogP contribution is -2.37. The van der Waals surface area contributed by atoms with E-state index in [1.807, 2.05) is 0 Å². The van der Waals surface area contributed by atoms with Gasteiger partial charge in [-0.2, -0.15) is 13.2 Å². The van der Waals surface area contributed by atoms with Crippen molar-refractivity contribution in [3.05, 3.63) is 16.1 Å². The molecule has 0 radical (unpaired) electrons.